The van der Waals surface area contributed by atoms with Crippen LogP contribution in [-0.2, 0) is 10.2 Å². The Bertz CT molecular complexity index is 978. The Morgan fingerprint density at radius 1 is 1.00 bits per heavy atom. The molecular formula is C24H28N2O4S. The van der Waals surface area contributed by atoms with Crippen LogP contribution in [0.15, 0.2) is 48.2 Å². The van der Waals surface area contributed by atoms with Gasteiger partial charge in [0.2, 0.25) is 0 Å². The minimum Gasteiger partial charge on any atom is -0.493 e. The molecule has 6 nitrogen and oxygen atoms in total. The third-order valence-corrected chi connectivity index (χ3v) is 4.98. The molecule has 2 aromatic carbocycles. The van der Waals surface area contributed by atoms with Crippen molar-refractivity contribution >= 4 is 29.3 Å². The number of ether oxygens (including phenoxy) is 3. The van der Waals surface area contributed by atoms with Gasteiger partial charge in [0.05, 0.1) is 20.3 Å². The van der Waals surface area contributed by atoms with E-state index in [0.717, 1.165) is 11.3 Å². The van der Waals surface area contributed by atoms with Gasteiger partial charge < -0.3 is 19.5 Å². The second kappa shape index (κ2) is 9.83. The molecule has 1 amide bonds. The Morgan fingerprint density at radius 2 is 1.71 bits per heavy atom. The summed E-state index contributed by atoms with van der Waals surface area (Å²) in [6, 6.07) is 13.7. The largest absolute Gasteiger partial charge is 0.493 e. The van der Waals surface area contributed by atoms with Gasteiger partial charge in [0.25, 0.3) is 5.91 Å². The van der Waals surface area contributed by atoms with Crippen LogP contribution >= 0.6 is 12.2 Å². The van der Waals surface area contributed by atoms with E-state index >= 15 is 0 Å². The number of amides is 1. The Labute approximate surface area is 188 Å². The molecule has 164 valence electrons. The maximum Gasteiger partial charge on any atom is 0.273 e. The number of thiocarbonyl (C=S) groups is 1. The number of hydrogen-bond donors (Lipinski definition) is 2. The van der Waals surface area contributed by atoms with Gasteiger partial charge in [-0.05, 0) is 47.5 Å². The predicted octanol–water partition coefficient (Wildman–Crippen LogP) is 4.19. The van der Waals surface area contributed by atoms with E-state index in [4.69, 9.17) is 26.4 Å². The summed E-state index contributed by atoms with van der Waals surface area (Å²) in [5.41, 5.74) is 2.48. The molecule has 0 saturated carbocycles. The van der Waals surface area contributed by atoms with Crippen LogP contribution in [0.1, 0.15) is 38.3 Å². The number of methoxy groups -OCH3 is 1. The van der Waals surface area contributed by atoms with Crippen molar-refractivity contribution in [1.29, 1.82) is 0 Å². The average molecular weight is 441 g/mol. The Morgan fingerprint density at radius 3 is 2.32 bits per heavy atom. The van der Waals surface area contributed by atoms with Gasteiger partial charge in [-0.2, -0.15) is 0 Å². The predicted molar refractivity (Wildman–Crippen MR) is 126 cm³/mol. The van der Waals surface area contributed by atoms with Crippen molar-refractivity contribution in [1.82, 2.24) is 10.6 Å². The zero-order valence-corrected chi connectivity index (χ0v) is 19.1. The standard InChI is InChI=1S/C24H28N2O4S/c1-24(2,3)17-9-11-18(12-10-17)29-13-6-14-30-21-16(7-5-8-20(21)28-4)15-19-22(27)26-23(31)25-19/h5,7-12,15H,6,13-14H2,1-4H3,(H2,25,26,27,31)/b19-15-. The number of benzene rings is 2. The first-order chi connectivity index (χ1) is 14.8. The molecule has 3 rings (SSSR count). The second-order valence-corrected chi connectivity index (χ2v) is 8.58. The molecule has 31 heavy (non-hydrogen) atoms. The zero-order chi connectivity index (χ0) is 22.4. The number of hydrogen-bond acceptors (Lipinski definition) is 5. The summed E-state index contributed by atoms with van der Waals surface area (Å²) < 4.78 is 17.3. The minimum atomic E-state index is -0.273. The maximum absolute atomic E-state index is 11.9. The lowest BCUT2D eigenvalue weighted by molar-refractivity contribution is -0.115. The summed E-state index contributed by atoms with van der Waals surface area (Å²) in [6.45, 7) is 7.52. The van der Waals surface area contributed by atoms with Crippen LogP contribution in [0.3, 0.4) is 0 Å². The quantitative estimate of drug-likeness (QED) is 0.365. The normalized spacial score (nSPS) is 14.9. The molecule has 7 heteroatoms. The Kier molecular flexibility index (Phi) is 7.17. The van der Waals surface area contributed by atoms with E-state index in [1.165, 1.54) is 5.56 Å². The van der Waals surface area contributed by atoms with Gasteiger partial charge in [-0.15, -0.1) is 0 Å². The summed E-state index contributed by atoms with van der Waals surface area (Å²) in [6.07, 6.45) is 2.39. The summed E-state index contributed by atoms with van der Waals surface area (Å²) in [5, 5.41) is 5.67. The van der Waals surface area contributed by atoms with Crippen molar-refractivity contribution in [2.24, 2.45) is 0 Å². The summed E-state index contributed by atoms with van der Waals surface area (Å²) >= 11 is 4.98. The van der Waals surface area contributed by atoms with Gasteiger partial charge >= 0.3 is 0 Å². The van der Waals surface area contributed by atoms with E-state index in [-0.39, 0.29) is 16.4 Å². The van der Waals surface area contributed by atoms with Gasteiger partial charge in [0.15, 0.2) is 16.6 Å². The van der Waals surface area contributed by atoms with Gasteiger partial charge in [-0.1, -0.05) is 45.0 Å². The lowest BCUT2D eigenvalue weighted by atomic mass is 9.87. The summed E-state index contributed by atoms with van der Waals surface area (Å²) in [7, 11) is 1.58. The first kappa shape index (κ1) is 22.6. The highest BCUT2D eigenvalue weighted by atomic mass is 32.1. The molecule has 2 aromatic rings. The molecule has 1 fully saturated rings. The molecule has 0 bridgehead atoms. The van der Waals surface area contributed by atoms with Crippen LogP contribution in [0.5, 0.6) is 17.2 Å². The molecule has 0 aromatic heterocycles. The van der Waals surface area contributed by atoms with Gasteiger partial charge in [0, 0.05) is 12.0 Å². The van der Waals surface area contributed by atoms with Gasteiger partial charge in [-0.3, -0.25) is 10.1 Å². The molecule has 0 unspecified atom stereocenters. The zero-order valence-electron chi connectivity index (χ0n) is 18.3. The van der Waals surface area contributed by atoms with Crippen LogP contribution in [0, 0.1) is 0 Å². The van der Waals surface area contributed by atoms with E-state index in [1.807, 2.05) is 30.3 Å². The van der Waals surface area contributed by atoms with Crippen LogP contribution in [-0.4, -0.2) is 31.3 Å². The van der Waals surface area contributed by atoms with Crippen molar-refractivity contribution in [2.45, 2.75) is 32.6 Å². The maximum atomic E-state index is 11.9. The molecule has 1 heterocycles. The topological polar surface area (TPSA) is 68.8 Å². The molecular weight excluding hydrogens is 412 g/mol. The number of rotatable bonds is 8. The Hall–Kier alpha value is -3.06. The number of carbonyl (C=O) groups excluding carboxylic acids is 1. The molecule has 0 aliphatic carbocycles. The number of nitrogens with one attached hydrogen (secondary N) is 2. The molecule has 1 aliphatic heterocycles. The highest BCUT2D eigenvalue weighted by Gasteiger charge is 2.21. The van der Waals surface area contributed by atoms with E-state index < -0.39 is 0 Å². The van der Waals surface area contributed by atoms with Gasteiger partial charge in [-0.25, -0.2) is 0 Å². The minimum absolute atomic E-state index is 0.119. The molecule has 0 spiro atoms. The lowest BCUT2D eigenvalue weighted by Gasteiger charge is -2.19. The van der Waals surface area contributed by atoms with Crippen molar-refractivity contribution in [2.75, 3.05) is 20.3 Å². The van der Waals surface area contributed by atoms with Crippen molar-refractivity contribution in [3.05, 3.63) is 59.3 Å². The van der Waals surface area contributed by atoms with Gasteiger partial charge in [0.1, 0.15) is 11.4 Å². The molecule has 0 radical (unpaired) electrons. The number of para-hydroxylation sites is 1. The third-order valence-electron chi connectivity index (χ3n) is 4.77. The van der Waals surface area contributed by atoms with Crippen molar-refractivity contribution < 1.29 is 19.0 Å². The van der Waals surface area contributed by atoms with Crippen molar-refractivity contribution in [3.63, 3.8) is 0 Å². The molecule has 2 N–H and O–H groups in total. The van der Waals surface area contributed by atoms with Crippen LogP contribution in [0.25, 0.3) is 6.08 Å². The van der Waals surface area contributed by atoms with E-state index in [9.17, 15) is 4.79 Å². The monoisotopic (exact) mass is 440 g/mol. The highest BCUT2D eigenvalue weighted by Crippen LogP contribution is 2.33. The fraction of sp³-hybridized carbons (Fsp3) is 0.333. The third kappa shape index (κ3) is 5.98. The summed E-state index contributed by atoms with van der Waals surface area (Å²) in [5.74, 6) is 1.73. The first-order valence-electron chi connectivity index (χ1n) is 10.1. The smallest absolute Gasteiger partial charge is 0.273 e. The molecule has 1 aliphatic rings. The van der Waals surface area contributed by atoms with Crippen LogP contribution < -0.4 is 24.8 Å². The summed E-state index contributed by atoms with van der Waals surface area (Å²) in [4.78, 5) is 11.9. The van der Waals surface area contributed by atoms with E-state index in [1.54, 1.807) is 13.2 Å². The average Bonchev–Trinajstić information content (AvgIpc) is 3.04. The molecule has 1 saturated heterocycles. The lowest BCUT2D eigenvalue weighted by Crippen LogP contribution is -2.21. The van der Waals surface area contributed by atoms with E-state index in [0.29, 0.717) is 36.8 Å². The SMILES string of the molecule is COc1cccc(/C=C2\NC(=S)NC2=O)c1OCCCOc1ccc(C(C)(C)C)cc1. The van der Waals surface area contributed by atoms with Crippen LogP contribution in [0.2, 0.25) is 0 Å². The van der Waals surface area contributed by atoms with Crippen LogP contribution in [0.4, 0.5) is 0 Å². The van der Waals surface area contributed by atoms with Crippen molar-refractivity contribution in [3.8, 4) is 17.2 Å². The second-order valence-electron chi connectivity index (χ2n) is 8.17. The molecule has 0 atom stereocenters. The van der Waals surface area contributed by atoms with E-state index in [2.05, 4.69) is 43.5 Å². The fourth-order valence-electron chi connectivity index (χ4n) is 3.07. The highest BCUT2D eigenvalue weighted by molar-refractivity contribution is 7.80. The Balaban J connectivity index is 1.58. The number of carbonyl (C=O) groups is 1. The fourth-order valence-corrected chi connectivity index (χ4v) is 3.28. The first-order valence-corrected chi connectivity index (χ1v) is 10.6.